The van der Waals surface area contributed by atoms with Gasteiger partial charge in [0.25, 0.3) is 0 Å². The van der Waals surface area contributed by atoms with Crippen LogP contribution in [0.5, 0.6) is 0 Å². The smallest absolute Gasteiger partial charge is 0.324 e. The number of nitrogens with zero attached hydrogens (tertiary/aromatic N) is 2. The number of carboxylic acids is 1. The van der Waals surface area contributed by atoms with Crippen LogP contribution in [0.4, 0.5) is 0 Å². The zero-order chi connectivity index (χ0) is 15.0. The summed E-state index contributed by atoms with van der Waals surface area (Å²) < 4.78 is 27.7. The third-order valence-corrected chi connectivity index (χ3v) is 4.43. The second kappa shape index (κ2) is 5.27. The van der Waals surface area contributed by atoms with Gasteiger partial charge in [-0.1, -0.05) is 0 Å². The monoisotopic (exact) mass is 291 g/mol. The van der Waals surface area contributed by atoms with Crippen molar-refractivity contribution in [3.63, 3.8) is 0 Å². The number of nitrogens with one attached hydrogen (secondary N) is 1. The Morgan fingerprint density at radius 3 is 2.26 bits per heavy atom. The molecule has 0 aliphatic rings. The summed E-state index contributed by atoms with van der Waals surface area (Å²) >= 11 is 0. The number of rotatable bonds is 5. The van der Waals surface area contributed by atoms with Gasteiger partial charge in [-0.15, -0.1) is 0 Å². The lowest BCUT2D eigenvalue weighted by Crippen LogP contribution is -2.47. The highest BCUT2D eigenvalue weighted by atomic mass is 32.2. The van der Waals surface area contributed by atoms with E-state index in [0.29, 0.717) is 5.69 Å². The molecule has 0 amide bonds. The lowest BCUT2D eigenvalue weighted by Gasteiger charge is -2.17. The molecule has 19 heavy (non-hydrogen) atoms. The van der Waals surface area contributed by atoms with Crippen LogP contribution in [-0.4, -0.2) is 46.5 Å². The lowest BCUT2D eigenvalue weighted by molar-refractivity contribution is -0.141. The first-order chi connectivity index (χ1) is 8.58. The van der Waals surface area contributed by atoms with E-state index in [1.54, 1.807) is 14.0 Å². The molecule has 1 aromatic rings. The van der Waals surface area contributed by atoms with E-state index in [1.807, 2.05) is 4.72 Å². The van der Waals surface area contributed by atoms with E-state index >= 15 is 0 Å². The summed E-state index contributed by atoms with van der Waals surface area (Å²) in [6.07, 6.45) is -1.36. The molecule has 0 saturated heterocycles. The molecule has 0 bridgehead atoms. The van der Waals surface area contributed by atoms with Crippen molar-refractivity contribution in [2.45, 2.75) is 37.8 Å². The number of hydrogen-bond acceptors (Lipinski definition) is 5. The molecule has 0 radical (unpaired) electrons. The Labute approximate surface area is 111 Å². The van der Waals surface area contributed by atoms with Gasteiger partial charge >= 0.3 is 5.97 Å². The normalized spacial score (nSPS) is 15.2. The van der Waals surface area contributed by atoms with E-state index in [-0.39, 0.29) is 10.6 Å². The molecule has 0 aromatic carbocycles. The number of aliphatic hydroxyl groups excluding tert-OH is 1. The zero-order valence-corrected chi connectivity index (χ0v) is 11.9. The molecule has 0 aliphatic carbocycles. The molecule has 0 saturated carbocycles. The van der Waals surface area contributed by atoms with Gasteiger partial charge in [0.2, 0.25) is 10.0 Å². The number of carbonyl (C=O) groups is 1. The third kappa shape index (κ3) is 3.11. The number of sulfonamides is 1. The molecule has 0 fully saturated rings. The molecule has 3 N–H and O–H groups in total. The molecule has 2 atom stereocenters. The van der Waals surface area contributed by atoms with Crippen LogP contribution in [0.2, 0.25) is 0 Å². The summed E-state index contributed by atoms with van der Waals surface area (Å²) in [5.41, 5.74) is 0.655. The van der Waals surface area contributed by atoms with Gasteiger partial charge in [-0.25, -0.2) is 8.42 Å². The van der Waals surface area contributed by atoms with Gasteiger partial charge < -0.3 is 10.2 Å². The second-order valence-electron chi connectivity index (χ2n) is 4.30. The van der Waals surface area contributed by atoms with Crippen molar-refractivity contribution in [3.8, 4) is 0 Å². The SMILES string of the molecule is Cc1nn(C)c(C)c1S(=O)(=O)N[C@H](C(=O)O)[C@@H](C)O. The number of aryl methyl sites for hydroxylation is 2. The van der Waals surface area contributed by atoms with Crippen molar-refractivity contribution in [1.29, 1.82) is 0 Å². The van der Waals surface area contributed by atoms with Gasteiger partial charge in [0.05, 0.1) is 17.5 Å². The molecule has 9 heteroatoms. The quantitative estimate of drug-likeness (QED) is 0.649. The summed E-state index contributed by atoms with van der Waals surface area (Å²) in [7, 11) is -2.48. The van der Waals surface area contributed by atoms with Gasteiger partial charge in [0, 0.05) is 7.05 Å². The fraction of sp³-hybridized carbons (Fsp3) is 0.600. The molecule has 1 rings (SSSR count). The maximum absolute atomic E-state index is 12.2. The molecular weight excluding hydrogens is 274 g/mol. The molecule has 1 heterocycles. The first-order valence-electron chi connectivity index (χ1n) is 5.51. The van der Waals surface area contributed by atoms with E-state index in [4.69, 9.17) is 5.11 Å². The van der Waals surface area contributed by atoms with E-state index < -0.39 is 28.1 Å². The van der Waals surface area contributed by atoms with Crippen LogP contribution in [-0.2, 0) is 21.9 Å². The van der Waals surface area contributed by atoms with Crippen LogP contribution in [0.3, 0.4) is 0 Å². The van der Waals surface area contributed by atoms with Gasteiger partial charge in [-0.3, -0.25) is 9.48 Å². The molecule has 0 unspecified atom stereocenters. The van der Waals surface area contributed by atoms with Crippen LogP contribution in [0.1, 0.15) is 18.3 Å². The highest BCUT2D eigenvalue weighted by Gasteiger charge is 2.32. The molecule has 8 nitrogen and oxygen atoms in total. The number of aliphatic carboxylic acids is 1. The van der Waals surface area contributed by atoms with Crippen molar-refractivity contribution >= 4 is 16.0 Å². The summed E-state index contributed by atoms with van der Waals surface area (Å²) in [4.78, 5) is 10.8. The van der Waals surface area contributed by atoms with Gasteiger partial charge in [0.15, 0.2) is 0 Å². The molecule has 108 valence electrons. The number of aromatic nitrogens is 2. The average Bonchev–Trinajstić information content (AvgIpc) is 2.49. The summed E-state index contributed by atoms with van der Waals surface area (Å²) in [5.74, 6) is -1.45. The van der Waals surface area contributed by atoms with Crippen LogP contribution < -0.4 is 4.72 Å². The number of aliphatic hydroxyl groups is 1. The Bertz CT molecular complexity index is 591. The average molecular weight is 291 g/mol. The third-order valence-electron chi connectivity index (χ3n) is 2.74. The van der Waals surface area contributed by atoms with Crippen molar-refractivity contribution in [3.05, 3.63) is 11.4 Å². The lowest BCUT2D eigenvalue weighted by atomic mass is 10.2. The van der Waals surface area contributed by atoms with Crippen molar-refractivity contribution < 1.29 is 23.4 Å². The minimum atomic E-state index is -4.06. The summed E-state index contributed by atoms with van der Waals surface area (Å²) in [6, 6.07) is -1.61. The minimum absolute atomic E-state index is 0.0677. The first-order valence-corrected chi connectivity index (χ1v) is 6.99. The summed E-state index contributed by atoms with van der Waals surface area (Å²) in [6.45, 7) is 4.27. The van der Waals surface area contributed by atoms with Gasteiger partial charge in [-0.2, -0.15) is 9.82 Å². The fourth-order valence-electron chi connectivity index (χ4n) is 1.72. The molecule has 0 aliphatic heterocycles. The van der Waals surface area contributed by atoms with Crippen molar-refractivity contribution in [2.75, 3.05) is 0 Å². The maximum atomic E-state index is 12.2. The standard InChI is InChI=1S/C10H17N3O5S/c1-5-9(6(2)13(4)11-5)19(17,18)12-8(7(3)14)10(15)16/h7-8,12,14H,1-4H3,(H,15,16)/t7-,8+/m1/s1. The maximum Gasteiger partial charge on any atom is 0.324 e. The van der Waals surface area contributed by atoms with Crippen molar-refractivity contribution in [1.82, 2.24) is 14.5 Å². The Kier molecular flexibility index (Phi) is 4.33. The highest BCUT2D eigenvalue weighted by Crippen LogP contribution is 2.19. The molecule has 0 spiro atoms. The van der Waals surface area contributed by atoms with E-state index in [9.17, 15) is 18.3 Å². The van der Waals surface area contributed by atoms with Crippen LogP contribution in [0.15, 0.2) is 4.90 Å². The minimum Gasteiger partial charge on any atom is -0.480 e. The second-order valence-corrected chi connectivity index (χ2v) is 5.95. The topological polar surface area (TPSA) is 122 Å². The number of carboxylic acid groups (broad SMARTS) is 1. The molecular formula is C10H17N3O5S. The predicted octanol–water partition coefficient (Wildman–Crippen LogP) is -0.851. The molecule has 1 aromatic heterocycles. The van der Waals surface area contributed by atoms with E-state index in [0.717, 1.165) is 0 Å². The largest absolute Gasteiger partial charge is 0.480 e. The van der Waals surface area contributed by atoms with E-state index in [1.165, 1.54) is 18.5 Å². The predicted molar refractivity (Wildman–Crippen MR) is 66.1 cm³/mol. The fourth-order valence-corrected chi connectivity index (χ4v) is 3.43. The van der Waals surface area contributed by atoms with Gasteiger partial charge in [0.1, 0.15) is 10.9 Å². The number of hydrogen-bond donors (Lipinski definition) is 3. The van der Waals surface area contributed by atoms with Gasteiger partial charge in [-0.05, 0) is 20.8 Å². The Morgan fingerprint density at radius 2 is 1.95 bits per heavy atom. The Morgan fingerprint density at radius 1 is 1.42 bits per heavy atom. The Balaban J connectivity index is 3.22. The van der Waals surface area contributed by atoms with Crippen molar-refractivity contribution in [2.24, 2.45) is 7.05 Å². The van der Waals surface area contributed by atoms with Crippen LogP contribution in [0, 0.1) is 13.8 Å². The van der Waals surface area contributed by atoms with Crippen LogP contribution in [0.25, 0.3) is 0 Å². The zero-order valence-electron chi connectivity index (χ0n) is 11.1. The van der Waals surface area contributed by atoms with E-state index in [2.05, 4.69) is 5.10 Å². The van der Waals surface area contributed by atoms with Crippen LogP contribution >= 0.6 is 0 Å². The summed E-state index contributed by atoms with van der Waals surface area (Å²) in [5, 5.41) is 22.2. The first kappa shape index (κ1) is 15.6. The Hall–Kier alpha value is -1.45. The highest BCUT2D eigenvalue weighted by molar-refractivity contribution is 7.89.